The van der Waals surface area contributed by atoms with Crippen LogP contribution >= 0.6 is 0 Å². The molecular weight excluding hydrogens is 390 g/mol. The molecule has 1 aliphatic rings. The summed E-state index contributed by atoms with van der Waals surface area (Å²) in [6.07, 6.45) is 3.51. The summed E-state index contributed by atoms with van der Waals surface area (Å²) in [4.78, 5) is 21.5. The number of nitrogens with zero attached hydrogens (tertiary/aromatic N) is 4. The van der Waals surface area contributed by atoms with Gasteiger partial charge in [-0.15, -0.1) is 0 Å². The number of nitrogens with two attached hydrogens (primary N) is 1. The van der Waals surface area contributed by atoms with E-state index in [1.54, 1.807) is 23.0 Å². The molecule has 0 radical (unpaired) electrons. The van der Waals surface area contributed by atoms with Gasteiger partial charge in [0.2, 0.25) is 5.91 Å². The van der Waals surface area contributed by atoms with Crippen molar-refractivity contribution in [1.82, 2.24) is 25.1 Å². The molecule has 4 N–H and O–H groups in total. The van der Waals surface area contributed by atoms with Gasteiger partial charge in [-0.3, -0.25) is 4.79 Å². The van der Waals surface area contributed by atoms with E-state index in [1.165, 1.54) is 5.56 Å². The topological polar surface area (TPSA) is 111 Å². The van der Waals surface area contributed by atoms with Crippen molar-refractivity contribution in [3.63, 3.8) is 0 Å². The molecule has 0 spiro atoms. The number of hydrogen-bond acceptors (Lipinski definition) is 6. The number of amides is 1. The standard InChI is InChI=1S/C23H23N7O/c24-21(31)16-8-4-10-20-17(16)14-27-30(20)23-28-19-9-5-11-25-13-18(19)22(29-23)26-12-15-6-2-1-3-7-15/h1-4,6-8,10,14,25H,5,9,11-13H2,(H2,24,31)(H,26,28,29). The molecule has 2 aromatic carbocycles. The molecule has 8 nitrogen and oxygen atoms in total. The molecule has 156 valence electrons. The second-order valence-electron chi connectivity index (χ2n) is 7.58. The Morgan fingerprint density at radius 2 is 2.00 bits per heavy atom. The van der Waals surface area contributed by atoms with Crippen LogP contribution in [0.25, 0.3) is 16.9 Å². The molecule has 5 rings (SSSR count). The van der Waals surface area contributed by atoms with Crippen molar-refractivity contribution in [2.24, 2.45) is 5.73 Å². The third-order valence-corrected chi connectivity index (χ3v) is 5.52. The molecule has 1 aliphatic heterocycles. The van der Waals surface area contributed by atoms with Gasteiger partial charge in [-0.05, 0) is 37.1 Å². The van der Waals surface area contributed by atoms with Crippen LogP contribution in [-0.4, -0.2) is 32.2 Å². The number of carbonyl (C=O) groups excluding carboxylic acids is 1. The monoisotopic (exact) mass is 413 g/mol. The van der Waals surface area contributed by atoms with Crippen LogP contribution in [0.2, 0.25) is 0 Å². The van der Waals surface area contributed by atoms with Crippen molar-refractivity contribution in [3.05, 3.63) is 77.1 Å². The van der Waals surface area contributed by atoms with Crippen LogP contribution in [0.1, 0.15) is 33.6 Å². The van der Waals surface area contributed by atoms with Gasteiger partial charge in [0.25, 0.3) is 5.95 Å². The zero-order valence-electron chi connectivity index (χ0n) is 17.0. The van der Waals surface area contributed by atoms with Crippen molar-refractivity contribution >= 4 is 22.6 Å². The van der Waals surface area contributed by atoms with Gasteiger partial charge in [0, 0.05) is 24.0 Å². The highest BCUT2D eigenvalue weighted by Gasteiger charge is 2.19. The molecule has 1 amide bonds. The molecule has 31 heavy (non-hydrogen) atoms. The molecule has 0 fully saturated rings. The number of nitrogens with one attached hydrogen (secondary N) is 2. The number of rotatable bonds is 5. The number of aromatic nitrogens is 4. The lowest BCUT2D eigenvalue weighted by Gasteiger charge is -2.15. The number of aryl methyl sites for hydroxylation is 1. The van der Waals surface area contributed by atoms with E-state index in [9.17, 15) is 4.79 Å². The fraction of sp³-hybridized carbons (Fsp3) is 0.217. The fourth-order valence-electron chi connectivity index (χ4n) is 3.95. The maximum absolute atomic E-state index is 11.8. The van der Waals surface area contributed by atoms with Crippen molar-refractivity contribution in [1.29, 1.82) is 0 Å². The maximum atomic E-state index is 11.8. The van der Waals surface area contributed by atoms with Crippen molar-refractivity contribution in [2.45, 2.75) is 25.9 Å². The molecule has 0 bridgehead atoms. The number of fused-ring (bicyclic) bond motifs is 2. The molecule has 3 heterocycles. The summed E-state index contributed by atoms with van der Waals surface area (Å²) in [7, 11) is 0. The first kappa shape index (κ1) is 19.2. The summed E-state index contributed by atoms with van der Waals surface area (Å²) in [6, 6.07) is 15.6. The van der Waals surface area contributed by atoms with Gasteiger partial charge in [0.05, 0.1) is 23.0 Å². The normalized spacial score (nSPS) is 13.5. The van der Waals surface area contributed by atoms with E-state index in [4.69, 9.17) is 15.7 Å². The first-order valence-corrected chi connectivity index (χ1v) is 10.4. The van der Waals surface area contributed by atoms with Gasteiger partial charge in [0.1, 0.15) is 5.82 Å². The second kappa shape index (κ2) is 8.16. The van der Waals surface area contributed by atoms with E-state index in [1.807, 2.05) is 24.3 Å². The van der Waals surface area contributed by atoms with E-state index in [2.05, 4.69) is 27.9 Å². The molecule has 0 saturated heterocycles. The minimum atomic E-state index is -0.482. The Morgan fingerprint density at radius 3 is 2.84 bits per heavy atom. The summed E-state index contributed by atoms with van der Waals surface area (Å²) in [5, 5.41) is 12.1. The van der Waals surface area contributed by atoms with Crippen LogP contribution < -0.4 is 16.4 Å². The lowest BCUT2D eigenvalue weighted by molar-refractivity contribution is 0.100. The summed E-state index contributed by atoms with van der Waals surface area (Å²) in [5.41, 5.74) is 9.99. The Morgan fingerprint density at radius 1 is 1.13 bits per heavy atom. The first-order chi connectivity index (χ1) is 15.2. The van der Waals surface area contributed by atoms with E-state index in [-0.39, 0.29) is 0 Å². The Bertz CT molecular complexity index is 1250. The second-order valence-corrected chi connectivity index (χ2v) is 7.58. The molecule has 0 unspecified atom stereocenters. The van der Waals surface area contributed by atoms with Crippen molar-refractivity contribution < 1.29 is 4.79 Å². The first-order valence-electron chi connectivity index (χ1n) is 10.4. The fourth-order valence-corrected chi connectivity index (χ4v) is 3.95. The van der Waals surface area contributed by atoms with Gasteiger partial charge in [-0.1, -0.05) is 36.4 Å². The van der Waals surface area contributed by atoms with Gasteiger partial charge in [0.15, 0.2) is 0 Å². The molecule has 0 saturated carbocycles. The van der Waals surface area contributed by atoms with Gasteiger partial charge in [-0.25, -0.2) is 4.98 Å². The van der Waals surface area contributed by atoms with Crippen LogP contribution in [0, 0.1) is 0 Å². The zero-order chi connectivity index (χ0) is 21.2. The molecular formula is C23H23N7O. The number of primary amides is 1. The van der Waals surface area contributed by atoms with Gasteiger partial charge in [-0.2, -0.15) is 14.8 Å². The van der Waals surface area contributed by atoms with Crippen LogP contribution in [0.3, 0.4) is 0 Å². The summed E-state index contributed by atoms with van der Waals surface area (Å²) in [5.74, 6) is 0.796. The van der Waals surface area contributed by atoms with Crippen molar-refractivity contribution in [2.75, 3.05) is 11.9 Å². The smallest absolute Gasteiger partial charge is 0.253 e. The SMILES string of the molecule is NC(=O)c1cccc2c1cnn2-c1nc2c(c(NCc3ccccc3)n1)CNCCC2. The zero-order valence-corrected chi connectivity index (χ0v) is 17.0. The number of anilines is 1. The third kappa shape index (κ3) is 3.73. The average Bonchev–Trinajstić information content (AvgIpc) is 3.08. The van der Waals surface area contributed by atoms with Crippen LogP contribution in [0.15, 0.2) is 54.7 Å². The van der Waals surface area contributed by atoms with E-state index < -0.39 is 5.91 Å². The Labute approximate surface area is 179 Å². The summed E-state index contributed by atoms with van der Waals surface area (Å²) in [6.45, 7) is 2.32. The largest absolute Gasteiger partial charge is 0.366 e. The van der Waals surface area contributed by atoms with Crippen LogP contribution in [0.5, 0.6) is 0 Å². The Hall–Kier alpha value is -3.78. The van der Waals surface area contributed by atoms with E-state index >= 15 is 0 Å². The minimum Gasteiger partial charge on any atom is -0.366 e. The third-order valence-electron chi connectivity index (χ3n) is 5.52. The summed E-state index contributed by atoms with van der Waals surface area (Å²) >= 11 is 0. The Kier molecular flexibility index (Phi) is 5.05. The molecule has 0 atom stereocenters. The average molecular weight is 413 g/mol. The quantitative estimate of drug-likeness (QED) is 0.464. The number of carbonyl (C=O) groups is 1. The molecule has 2 aromatic heterocycles. The van der Waals surface area contributed by atoms with Gasteiger partial charge < -0.3 is 16.4 Å². The minimum absolute atomic E-state index is 0.435. The highest BCUT2D eigenvalue weighted by Crippen LogP contribution is 2.25. The maximum Gasteiger partial charge on any atom is 0.253 e. The van der Waals surface area contributed by atoms with Crippen LogP contribution in [-0.2, 0) is 19.5 Å². The molecule has 8 heteroatoms. The molecule has 0 aliphatic carbocycles. The van der Waals surface area contributed by atoms with E-state index in [0.717, 1.165) is 48.5 Å². The van der Waals surface area contributed by atoms with Crippen LogP contribution in [0.4, 0.5) is 5.82 Å². The number of benzene rings is 2. The van der Waals surface area contributed by atoms with Crippen molar-refractivity contribution in [3.8, 4) is 5.95 Å². The molecule has 4 aromatic rings. The number of hydrogen-bond donors (Lipinski definition) is 3. The lowest BCUT2D eigenvalue weighted by atomic mass is 10.1. The highest BCUT2D eigenvalue weighted by molar-refractivity contribution is 6.05. The Balaban J connectivity index is 1.59. The predicted octanol–water partition coefficient (Wildman–Crippen LogP) is 2.56. The van der Waals surface area contributed by atoms with Gasteiger partial charge >= 0.3 is 0 Å². The van der Waals surface area contributed by atoms with E-state index in [0.29, 0.717) is 23.4 Å². The highest BCUT2D eigenvalue weighted by atomic mass is 16.1. The lowest BCUT2D eigenvalue weighted by Crippen LogP contribution is -2.17. The predicted molar refractivity (Wildman–Crippen MR) is 119 cm³/mol. The summed E-state index contributed by atoms with van der Waals surface area (Å²) < 4.78 is 1.67.